The predicted molar refractivity (Wildman–Crippen MR) is 83.0 cm³/mol. The van der Waals surface area contributed by atoms with E-state index in [0.29, 0.717) is 50.9 Å². The van der Waals surface area contributed by atoms with E-state index in [1.54, 1.807) is 4.90 Å². The van der Waals surface area contributed by atoms with Crippen LogP contribution in [-0.4, -0.2) is 60.2 Å². The first-order valence-corrected chi connectivity index (χ1v) is 8.32. The Morgan fingerprint density at radius 1 is 1.23 bits per heavy atom. The number of amides is 3. The minimum absolute atomic E-state index is 0.193. The summed E-state index contributed by atoms with van der Waals surface area (Å²) in [6.45, 7) is 7.47. The highest BCUT2D eigenvalue weighted by atomic mass is 16.2. The quantitative estimate of drug-likeness (QED) is 0.611. The van der Waals surface area contributed by atoms with Crippen LogP contribution in [0.1, 0.15) is 39.5 Å². The first kappa shape index (κ1) is 16.8. The zero-order valence-corrected chi connectivity index (χ0v) is 13.6. The van der Waals surface area contributed by atoms with E-state index in [1.807, 2.05) is 4.90 Å². The van der Waals surface area contributed by atoms with E-state index < -0.39 is 11.8 Å². The second-order valence-corrected chi connectivity index (χ2v) is 6.75. The molecule has 0 aromatic heterocycles. The molecule has 6 nitrogen and oxygen atoms in total. The van der Waals surface area contributed by atoms with Crippen LogP contribution >= 0.6 is 0 Å². The third-order valence-electron chi connectivity index (χ3n) is 4.41. The summed E-state index contributed by atoms with van der Waals surface area (Å²) in [5, 5.41) is 2.68. The van der Waals surface area contributed by atoms with E-state index in [2.05, 4.69) is 19.2 Å². The van der Waals surface area contributed by atoms with Crippen molar-refractivity contribution in [3.05, 3.63) is 0 Å². The average molecular weight is 309 g/mol. The molecule has 3 amide bonds. The van der Waals surface area contributed by atoms with Gasteiger partial charge in [0.15, 0.2) is 0 Å². The number of carbonyl (C=O) groups is 3. The van der Waals surface area contributed by atoms with E-state index in [9.17, 15) is 14.4 Å². The third kappa shape index (κ3) is 4.45. The lowest BCUT2D eigenvalue weighted by Gasteiger charge is -2.34. The van der Waals surface area contributed by atoms with Crippen LogP contribution in [0.3, 0.4) is 0 Å². The van der Waals surface area contributed by atoms with Crippen LogP contribution in [0.4, 0.5) is 0 Å². The first-order valence-electron chi connectivity index (χ1n) is 8.32. The minimum atomic E-state index is -0.519. The molecule has 2 rings (SSSR count). The molecule has 22 heavy (non-hydrogen) atoms. The van der Waals surface area contributed by atoms with E-state index in [-0.39, 0.29) is 5.91 Å². The third-order valence-corrected chi connectivity index (χ3v) is 4.41. The van der Waals surface area contributed by atoms with Gasteiger partial charge in [0, 0.05) is 39.1 Å². The predicted octanol–water partition coefficient (Wildman–Crippen LogP) is 0.620. The molecule has 0 spiro atoms. The molecular formula is C16H27N3O3. The zero-order chi connectivity index (χ0) is 16.1. The molecule has 2 aliphatic heterocycles. The fraction of sp³-hybridized carbons (Fsp3) is 0.812. The minimum Gasteiger partial charge on any atom is -0.348 e. The number of piperidine rings is 1. The van der Waals surface area contributed by atoms with E-state index in [1.165, 1.54) is 0 Å². The normalized spacial score (nSPS) is 25.5. The molecule has 124 valence electrons. The summed E-state index contributed by atoms with van der Waals surface area (Å²) >= 11 is 0. The Hall–Kier alpha value is -1.59. The summed E-state index contributed by atoms with van der Waals surface area (Å²) in [6, 6.07) is 0. The number of likely N-dealkylation sites (tertiary alicyclic amines) is 2. The van der Waals surface area contributed by atoms with Gasteiger partial charge in [-0.2, -0.15) is 0 Å². The number of carbonyl (C=O) groups excluding carboxylic acids is 3. The van der Waals surface area contributed by atoms with Gasteiger partial charge in [0.2, 0.25) is 5.91 Å². The lowest BCUT2D eigenvalue weighted by Crippen LogP contribution is -2.49. The molecule has 0 saturated carbocycles. The Kier molecular flexibility index (Phi) is 5.80. The Balaban J connectivity index is 1.68. The van der Waals surface area contributed by atoms with Crippen LogP contribution in [0.15, 0.2) is 0 Å². The van der Waals surface area contributed by atoms with Crippen molar-refractivity contribution in [2.45, 2.75) is 39.5 Å². The Morgan fingerprint density at radius 3 is 2.50 bits per heavy atom. The van der Waals surface area contributed by atoms with Crippen molar-refractivity contribution >= 4 is 17.7 Å². The van der Waals surface area contributed by atoms with Crippen molar-refractivity contribution in [2.75, 3.05) is 32.7 Å². The number of nitrogens with one attached hydrogen (secondary N) is 1. The molecule has 2 unspecified atom stereocenters. The second-order valence-electron chi connectivity index (χ2n) is 6.75. The smallest absolute Gasteiger partial charge is 0.311 e. The van der Waals surface area contributed by atoms with Gasteiger partial charge >= 0.3 is 11.8 Å². The molecule has 0 aliphatic carbocycles. The maximum Gasteiger partial charge on any atom is 0.311 e. The van der Waals surface area contributed by atoms with Gasteiger partial charge in [-0.15, -0.1) is 0 Å². The van der Waals surface area contributed by atoms with Crippen LogP contribution in [-0.2, 0) is 14.4 Å². The van der Waals surface area contributed by atoms with Crippen molar-refractivity contribution in [3.8, 4) is 0 Å². The zero-order valence-electron chi connectivity index (χ0n) is 13.6. The van der Waals surface area contributed by atoms with E-state index in [4.69, 9.17) is 0 Å². The molecule has 2 fully saturated rings. The van der Waals surface area contributed by atoms with Crippen molar-refractivity contribution in [2.24, 2.45) is 11.8 Å². The molecular weight excluding hydrogens is 282 g/mol. The first-order chi connectivity index (χ1) is 10.5. The summed E-state index contributed by atoms with van der Waals surface area (Å²) in [6.07, 6.45) is 3.36. The summed E-state index contributed by atoms with van der Waals surface area (Å²) in [5.41, 5.74) is 0. The van der Waals surface area contributed by atoms with Gasteiger partial charge in [-0.05, 0) is 31.1 Å². The molecule has 0 radical (unpaired) electrons. The largest absolute Gasteiger partial charge is 0.348 e. The van der Waals surface area contributed by atoms with Gasteiger partial charge in [-0.25, -0.2) is 0 Å². The Labute approximate surface area is 132 Å². The van der Waals surface area contributed by atoms with Crippen LogP contribution < -0.4 is 5.32 Å². The molecule has 2 aliphatic rings. The molecule has 2 saturated heterocycles. The van der Waals surface area contributed by atoms with Crippen molar-refractivity contribution in [1.82, 2.24) is 15.1 Å². The van der Waals surface area contributed by atoms with Crippen molar-refractivity contribution < 1.29 is 14.4 Å². The van der Waals surface area contributed by atoms with Gasteiger partial charge in [0.1, 0.15) is 0 Å². The number of nitrogens with zero attached hydrogens (tertiary/aromatic N) is 2. The van der Waals surface area contributed by atoms with Crippen molar-refractivity contribution in [1.29, 1.82) is 0 Å². The lowest BCUT2D eigenvalue weighted by molar-refractivity contribution is -0.147. The standard InChI is InChI=1S/C16H27N3O3/c1-12-9-13(2)11-19(10-12)16(22)15(21)17-6-4-8-18-7-3-5-14(18)20/h12-13H,3-11H2,1-2H3,(H,17,21). The number of hydrogen-bond acceptors (Lipinski definition) is 3. The van der Waals surface area contributed by atoms with Gasteiger partial charge in [0.25, 0.3) is 0 Å². The van der Waals surface area contributed by atoms with Gasteiger partial charge in [0.05, 0.1) is 0 Å². The van der Waals surface area contributed by atoms with Crippen molar-refractivity contribution in [3.63, 3.8) is 0 Å². The van der Waals surface area contributed by atoms with Crippen LogP contribution in [0.5, 0.6) is 0 Å². The fourth-order valence-electron chi connectivity index (χ4n) is 3.46. The molecule has 2 atom stereocenters. The second kappa shape index (κ2) is 7.61. The average Bonchev–Trinajstić information content (AvgIpc) is 2.87. The molecule has 0 aromatic carbocycles. The Morgan fingerprint density at radius 2 is 1.91 bits per heavy atom. The van der Waals surface area contributed by atoms with E-state index in [0.717, 1.165) is 19.4 Å². The molecule has 2 heterocycles. The summed E-state index contributed by atoms with van der Waals surface area (Å²) < 4.78 is 0. The van der Waals surface area contributed by atoms with Crippen LogP contribution in [0.2, 0.25) is 0 Å². The summed E-state index contributed by atoms with van der Waals surface area (Å²) in [7, 11) is 0. The highest BCUT2D eigenvalue weighted by molar-refractivity contribution is 6.35. The Bertz CT molecular complexity index is 428. The lowest BCUT2D eigenvalue weighted by atomic mass is 9.92. The highest BCUT2D eigenvalue weighted by Gasteiger charge is 2.29. The number of hydrogen-bond donors (Lipinski definition) is 1. The van der Waals surface area contributed by atoms with Crippen LogP contribution in [0, 0.1) is 11.8 Å². The summed E-state index contributed by atoms with van der Waals surface area (Å²) in [4.78, 5) is 39.0. The van der Waals surface area contributed by atoms with Gasteiger partial charge in [-0.3, -0.25) is 14.4 Å². The van der Waals surface area contributed by atoms with Gasteiger partial charge in [-0.1, -0.05) is 13.8 Å². The summed E-state index contributed by atoms with van der Waals surface area (Å²) in [5.74, 6) is 0.145. The monoisotopic (exact) mass is 309 g/mol. The molecule has 0 bridgehead atoms. The van der Waals surface area contributed by atoms with Gasteiger partial charge < -0.3 is 15.1 Å². The fourth-order valence-corrected chi connectivity index (χ4v) is 3.46. The SMILES string of the molecule is CC1CC(C)CN(C(=O)C(=O)NCCCN2CCCC2=O)C1. The van der Waals surface area contributed by atoms with E-state index >= 15 is 0 Å². The highest BCUT2D eigenvalue weighted by Crippen LogP contribution is 2.20. The molecule has 1 N–H and O–H groups in total. The topological polar surface area (TPSA) is 69.7 Å². The van der Waals surface area contributed by atoms with Crippen LogP contribution in [0.25, 0.3) is 0 Å². The number of rotatable bonds is 4. The maximum absolute atomic E-state index is 12.1. The molecule has 0 aromatic rings. The maximum atomic E-state index is 12.1. The molecule has 6 heteroatoms.